The van der Waals surface area contributed by atoms with Gasteiger partial charge >= 0.3 is 11.9 Å². The van der Waals surface area contributed by atoms with E-state index in [1.807, 2.05) is 0 Å². The molecule has 6 heteroatoms. The molecule has 0 aromatic heterocycles. The fourth-order valence-electron chi connectivity index (χ4n) is 1.25. The van der Waals surface area contributed by atoms with Crippen molar-refractivity contribution in [2.45, 2.75) is 38.7 Å². The molecule has 0 aliphatic carbocycles. The fraction of sp³-hybridized carbons (Fsp3) is 0.818. The van der Waals surface area contributed by atoms with Gasteiger partial charge in [0.25, 0.3) is 0 Å². The number of thiol groups is 2. The molecule has 0 spiro atoms. The Balaban J connectivity index is 4.00. The molecule has 0 aromatic carbocycles. The van der Waals surface area contributed by atoms with Gasteiger partial charge in [-0.1, -0.05) is 19.8 Å². The normalized spacial score (nSPS) is 11.9. The van der Waals surface area contributed by atoms with Crippen molar-refractivity contribution in [3.05, 3.63) is 0 Å². The van der Waals surface area contributed by atoms with Crippen LogP contribution in [0.1, 0.15) is 32.6 Å². The van der Waals surface area contributed by atoms with E-state index in [-0.39, 0.29) is 24.2 Å². The van der Waals surface area contributed by atoms with Gasteiger partial charge in [0.1, 0.15) is 12.7 Å². The quantitative estimate of drug-likeness (QED) is 0.385. The van der Waals surface area contributed by atoms with Gasteiger partial charge in [-0.2, -0.15) is 25.3 Å². The van der Waals surface area contributed by atoms with Crippen LogP contribution in [0.3, 0.4) is 0 Å². The maximum absolute atomic E-state index is 11.1. The summed E-state index contributed by atoms with van der Waals surface area (Å²) < 4.78 is 10.0. The van der Waals surface area contributed by atoms with Crippen molar-refractivity contribution in [2.24, 2.45) is 0 Å². The minimum atomic E-state index is -0.407. The highest BCUT2D eigenvalue weighted by Crippen LogP contribution is 2.08. The lowest BCUT2D eigenvalue weighted by Gasteiger charge is -2.17. The molecule has 100 valence electrons. The second-order valence-corrected chi connectivity index (χ2v) is 4.24. The van der Waals surface area contributed by atoms with Gasteiger partial charge in [0.15, 0.2) is 0 Å². The number of unbranched alkanes of at least 4 members (excludes halogenated alkanes) is 2. The van der Waals surface area contributed by atoms with Gasteiger partial charge in [0, 0.05) is 0 Å². The number of carbonyl (C=O) groups is 2. The maximum Gasteiger partial charge on any atom is 0.316 e. The minimum absolute atomic E-state index is 0.0300. The molecule has 0 heterocycles. The van der Waals surface area contributed by atoms with Crippen molar-refractivity contribution < 1.29 is 19.1 Å². The average Bonchev–Trinajstić information content (AvgIpc) is 2.35. The highest BCUT2D eigenvalue weighted by molar-refractivity contribution is 7.81. The molecule has 0 bridgehead atoms. The number of hydrogen-bond acceptors (Lipinski definition) is 6. The maximum atomic E-state index is 11.1. The first-order valence-electron chi connectivity index (χ1n) is 5.70. The van der Waals surface area contributed by atoms with Crippen LogP contribution >= 0.6 is 25.3 Å². The first-order valence-corrected chi connectivity index (χ1v) is 6.97. The summed E-state index contributed by atoms with van der Waals surface area (Å²) in [6.45, 7) is 2.19. The minimum Gasteiger partial charge on any atom is -0.461 e. The van der Waals surface area contributed by atoms with Crippen molar-refractivity contribution in [2.75, 3.05) is 18.1 Å². The molecule has 0 saturated heterocycles. The fourth-order valence-corrected chi connectivity index (χ4v) is 1.42. The molecule has 17 heavy (non-hydrogen) atoms. The number of carbonyl (C=O) groups excluding carboxylic acids is 2. The molecule has 0 N–H and O–H groups in total. The number of ether oxygens (including phenoxy) is 2. The number of rotatable bonds is 9. The molecule has 0 saturated carbocycles. The zero-order valence-electron chi connectivity index (χ0n) is 10.1. The zero-order valence-corrected chi connectivity index (χ0v) is 11.8. The molecule has 0 radical (unpaired) electrons. The summed E-state index contributed by atoms with van der Waals surface area (Å²) in [6, 6.07) is 0. The molecule has 0 rings (SSSR count). The van der Waals surface area contributed by atoms with Crippen LogP contribution in [0, 0.1) is 0 Å². The molecule has 0 aliphatic rings. The molecular formula is C11H20O4S2. The number of esters is 2. The summed E-state index contributed by atoms with van der Waals surface area (Å²) in [4.78, 5) is 22.1. The lowest BCUT2D eigenvalue weighted by Crippen LogP contribution is -2.26. The van der Waals surface area contributed by atoms with Crippen molar-refractivity contribution in [3.8, 4) is 0 Å². The van der Waals surface area contributed by atoms with Crippen LogP contribution in [0.5, 0.6) is 0 Å². The lowest BCUT2D eigenvalue weighted by molar-refractivity contribution is -0.156. The summed E-state index contributed by atoms with van der Waals surface area (Å²) in [5.74, 6) is -0.736. The zero-order chi connectivity index (χ0) is 13.1. The van der Waals surface area contributed by atoms with Crippen LogP contribution in [-0.2, 0) is 19.1 Å². The van der Waals surface area contributed by atoms with Gasteiger partial charge in [0.05, 0.1) is 11.5 Å². The smallest absolute Gasteiger partial charge is 0.316 e. The van der Waals surface area contributed by atoms with Crippen molar-refractivity contribution >= 4 is 37.2 Å². The van der Waals surface area contributed by atoms with E-state index < -0.39 is 11.9 Å². The SMILES string of the molecule is CCCCCC(COC(=O)CS)OC(=O)CS. The Labute approximate surface area is 113 Å². The Hall–Kier alpha value is -0.360. The summed E-state index contributed by atoms with van der Waals surface area (Å²) in [6.07, 6.45) is 3.43. The first kappa shape index (κ1) is 16.6. The lowest BCUT2D eigenvalue weighted by atomic mass is 10.1. The predicted octanol–water partition coefficient (Wildman–Crippen LogP) is 1.88. The van der Waals surface area contributed by atoms with Crippen LogP contribution in [-0.4, -0.2) is 36.2 Å². The first-order chi connectivity index (χ1) is 8.13. The van der Waals surface area contributed by atoms with Gasteiger partial charge in [-0.05, 0) is 12.8 Å². The topological polar surface area (TPSA) is 52.6 Å². The molecule has 0 fully saturated rings. The van der Waals surface area contributed by atoms with E-state index in [0.29, 0.717) is 6.42 Å². The Bertz CT molecular complexity index is 234. The average molecular weight is 280 g/mol. The molecule has 4 nitrogen and oxygen atoms in total. The molecular weight excluding hydrogens is 260 g/mol. The predicted molar refractivity (Wildman–Crippen MR) is 72.7 cm³/mol. The monoisotopic (exact) mass is 280 g/mol. The molecule has 0 aromatic rings. The second kappa shape index (κ2) is 10.8. The van der Waals surface area contributed by atoms with Gasteiger partial charge in [-0.3, -0.25) is 9.59 Å². The largest absolute Gasteiger partial charge is 0.461 e. The van der Waals surface area contributed by atoms with Crippen LogP contribution in [0.2, 0.25) is 0 Å². The van der Waals surface area contributed by atoms with Crippen LogP contribution in [0.25, 0.3) is 0 Å². The van der Waals surface area contributed by atoms with Crippen LogP contribution in [0.15, 0.2) is 0 Å². The summed E-state index contributed by atoms with van der Waals surface area (Å²) in [5, 5.41) is 0. The number of hydrogen-bond donors (Lipinski definition) is 2. The summed E-state index contributed by atoms with van der Waals surface area (Å²) in [7, 11) is 0. The van der Waals surface area contributed by atoms with Gasteiger partial charge in [-0.25, -0.2) is 0 Å². The highest BCUT2D eigenvalue weighted by atomic mass is 32.1. The van der Waals surface area contributed by atoms with E-state index in [1.165, 1.54) is 0 Å². The van der Waals surface area contributed by atoms with Gasteiger partial charge in [-0.15, -0.1) is 0 Å². The second-order valence-electron chi connectivity index (χ2n) is 3.61. The highest BCUT2D eigenvalue weighted by Gasteiger charge is 2.15. The standard InChI is InChI=1S/C11H20O4S2/c1-2-3-4-5-9(15-11(13)8-17)6-14-10(12)7-16/h9,16-17H,2-8H2,1H3. The Kier molecular flexibility index (Phi) is 10.5. The molecule has 1 atom stereocenters. The third-order valence-corrected chi connectivity index (χ3v) is 2.63. The van der Waals surface area contributed by atoms with E-state index in [9.17, 15) is 9.59 Å². The van der Waals surface area contributed by atoms with Crippen LogP contribution in [0.4, 0.5) is 0 Å². The van der Waals surface area contributed by atoms with E-state index in [0.717, 1.165) is 19.3 Å². The Morgan fingerprint density at radius 1 is 1.12 bits per heavy atom. The van der Waals surface area contributed by atoms with Crippen molar-refractivity contribution in [1.29, 1.82) is 0 Å². The summed E-state index contributed by atoms with van der Waals surface area (Å²) in [5.41, 5.74) is 0. The Morgan fingerprint density at radius 2 is 1.76 bits per heavy atom. The van der Waals surface area contributed by atoms with Crippen molar-refractivity contribution in [3.63, 3.8) is 0 Å². The molecule has 0 aliphatic heterocycles. The third-order valence-electron chi connectivity index (χ3n) is 2.12. The van der Waals surface area contributed by atoms with E-state index >= 15 is 0 Å². The van der Waals surface area contributed by atoms with E-state index in [4.69, 9.17) is 9.47 Å². The van der Waals surface area contributed by atoms with Crippen molar-refractivity contribution in [1.82, 2.24) is 0 Å². The molecule has 0 amide bonds. The third kappa shape index (κ3) is 9.35. The van der Waals surface area contributed by atoms with Crippen LogP contribution < -0.4 is 0 Å². The Morgan fingerprint density at radius 3 is 2.29 bits per heavy atom. The molecule has 1 unspecified atom stereocenters. The van der Waals surface area contributed by atoms with Gasteiger partial charge in [0.2, 0.25) is 0 Å². The van der Waals surface area contributed by atoms with E-state index in [1.54, 1.807) is 0 Å². The summed E-state index contributed by atoms with van der Waals surface area (Å²) >= 11 is 7.63. The van der Waals surface area contributed by atoms with E-state index in [2.05, 4.69) is 32.2 Å². The van der Waals surface area contributed by atoms with Gasteiger partial charge < -0.3 is 9.47 Å².